The van der Waals surface area contributed by atoms with Crippen LogP contribution in [0.5, 0.6) is 0 Å². The van der Waals surface area contributed by atoms with Crippen molar-refractivity contribution in [1.82, 2.24) is 18.4 Å². The Bertz CT molecular complexity index is 852. The lowest BCUT2D eigenvalue weighted by atomic mass is 10.1. The van der Waals surface area contributed by atoms with E-state index >= 15 is 0 Å². The number of imidazole rings is 1. The average molecular weight is 364 g/mol. The lowest BCUT2D eigenvalue weighted by Gasteiger charge is -2.24. The minimum absolute atomic E-state index is 0.264. The van der Waals surface area contributed by atoms with Crippen LogP contribution in [0.4, 0.5) is 0 Å². The van der Waals surface area contributed by atoms with E-state index in [9.17, 15) is 13.2 Å². The molecule has 1 amide bonds. The highest BCUT2D eigenvalue weighted by atomic mass is 32.2. The van der Waals surface area contributed by atoms with Crippen LogP contribution >= 0.6 is 0 Å². The zero-order chi connectivity index (χ0) is 17.9. The molecule has 136 valence electrons. The molecule has 0 aliphatic carbocycles. The van der Waals surface area contributed by atoms with E-state index in [0.717, 1.165) is 44.2 Å². The number of rotatable bonds is 4. The van der Waals surface area contributed by atoms with E-state index in [1.807, 2.05) is 6.92 Å². The molecule has 25 heavy (non-hydrogen) atoms. The highest BCUT2D eigenvalue weighted by Crippen LogP contribution is 2.14. The monoisotopic (exact) mass is 364 g/mol. The first-order valence-corrected chi connectivity index (χ1v) is 10.2. The maximum Gasteiger partial charge on any atom is 0.304 e. The molecule has 0 saturated carbocycles. The van der Waals surface area contributed by atoms with Crippen LogP contribution in [0.1, 0.15) is 55.2 Å². The number of hydrogen-bond donors (Lipinski definition) is 1. The second-order valence-electron chi connectivity index (χ2n) is 6.33. The summed E-state index contributed by atoms with van der Waals surface area (Å²) in [5.74, 6) is -0.632. The minimum atomic E-state index is -3.84. The number of aryl methyl sites for hydroxylation is 1. The third kappa shape index (κ3) is 4.01. The number of carbonyl (C=O) groups excluding carboxylic acids is 1. The molecule has 1 N–H and O–H groups in total. The average Bonchev–Trinajstić information content (AvgIpc) is 2.96. The SMILES string of the molecule is CCc1cn2c(C(=O)NS(=O)(=O)N3CCCCCCC3)cccc2n1. The van der Waals surface area contributed by atoms with Crippen molar-refractivity contribution in [2.24, 2.45) is 0 Å². The Morgan fingerprint density at radius 2 is 1.84 bits per heavy atom. The summed E-state index contributed by atoms with van der Waals surface area (Å²) in [4.78, 5) is 17.0. The predicted molar refractivity (Wildman–Crippen MR) is 95.6 cm³/mol. The van der Waals surface area contributed by atoms with Gasteiger partial charge in [0.05, 0.1) is 5.69 Å². The maximum atomic E-state index is 12.6. The van der Waals surface area contributed by atoms with Gasteiger partial charge in [-0.25, -0.2) is 9.71 Å². The first kappa shape index (κ1) is 17.9. The zero-order valence-corrected chi connectivity index (χ0v) is 15.3. The van der Waals surface area contributed by atoms with Gasteiger partial charge >= 0.3 is 10.2 Å². The van der Waals surface area contributed by atoms with Crippen LogP contribution in [-0.4, -0.2) is 41.1 Å². The second kappa shape index (κ2) is 7.53. The van der Waals surface area contributed by atoms with Crippen LogP contribution in [0.3, 0.4) is 0 Å². The van der Waals surface area contributed by atoms with Gasteiger partial charge in [0.25, 0.3) is 5.91 Å². The molecular weight excluding hydrogens is 340 g/mol. The zero-order valence-electron chi connectivity index (χ0n) is 14.4. The van der Waals surface area contributed by atoms with Gasteiger partial charge in [-0.3, -0.25) is 9.20 Å². The number of aromatic nitrogens is 2. The van der Waals surface area contributed by atoms with Gasteiger partial charge in [-0.2, -0.15) is 12.7 Å². The highest BCUT2D eigenvalue weighted by Gasteiger charge is 2.25. The fourth-order valence-corrected chi connectivity index (χ4v) is 4.32. The number of pyridine rings is 1. The summed E-state index contributed by atoms with van der Waals surface area (Å²) in [5, 5.41) is 0. The van der Waals surface area contributed by atoms with Crippen LogP contribution in [0.2, 0.25) is 0 Å². The molecule has 1 aliphatic heterocycles. The van der Waals surface area contributed by atoms with E-state index in [-0.39, 0.29) is 5.69 Å². The Morgan fingerprint density at radius 1 is 1.16 bits per heavy atom. The van der Waals surface area contributed by atoms with Gasteiger partial charge < -0.3 is 0 Å². The predicted octanol–water partition coefficient (Wildman–Crippen LogP) is 2.14. The number of nitrogens with zero attached hydrogens (tertiary/aromatic N) is 3. The standard InChI is InChI=1S/C17H24N4O3S/c1-2-14-13-21-15(9-8-10-16(21)18-14)17(22)19-25(23,24)20-11-6-4-3-5-7-12-20/h8-10,13H,2-7,11-12H2,1H3,(H,19,22). The van der Waals surface area contributed by atoms with Crippen LogP contribution in [0, 0.1) is 0 Å². The topological polar surface area (TPSA) is 83.8 Å². The van der Waals surface area contributed by atoms with Crippen molar-refractivity contribution in [2.75, 3.05) is 13.1 Å². The van der Waals surface area contributed by atoms with E-state index in [1.54, 1.807) is 28.8 Å². The normalized spacial score (nSPS) is 17.2. The Kier molecular flexibility index (Phi) is 5.39. The molecule has 0 atom stereocenters. The number of hydrogen-bond acceptors (Lipinski definition) is 4. The smallest absolute Gasteiger partial charge is 0.295 e. The van der Waals surface area contributed by atoms with E-state index in [4.69, 9.17) is 0 Å². The van der Waals surface area contributed by atoms with E-state index in [0.29, 0.717) is 18.7 Å². The Morgan fingerprint density at radius 3 is 2.52 bits per heavy atom. The lowest BCUT2D eigenvalue weighted by Crippen LogP contribution is -2.45. The molecule has 2 aromatic heterocycles. The maximum absolute atomic E-state index is 12.6. The number of nitrogens with one attached hydrogen (secondary N) is 1. The van der Waals surface area contributed by atoms with Crippen LogP contribution < -0.4 is 4.72 Å². The summed E-state index contributed by atoms with van der Waals surface area (Å²) in [6.45, 7) is 2.89. The molecule has 3 rings (SSSR count). The summed E-state index contributed by atoms with van der Waals surface area (Å²) in [6, 6.07) is 5.11. The molecule has 8 heteroatoms. The van der Waals surface area contributed by atoms with Crippen molar-refractivity contribution in [3.63, 3.8) is 0 Å². The van der Waals surface area contributed by atoms with Crippen molar-refractivity contribution < 1.29 is 13.2 Å². The fourth-order valence-electron chi connectivity index (χ4n) is 3.11. The minimum Gasteiger partial charge on any atom is -0.295 e. The van der Waals surface area contributed by atoms with Gasteiger partial charge in [0.1, 0.15) is 11.3 Å². The fraction of sp³-hybridized carbons (Fsp3) is 0.529. The first-order valence-electron chi connectivity index (χ1n) is 8.80. The molecular formula is C17H24N4O3S. The van der Waals surface area contributed by atoms with Crippen molar-refractivity contribution in [3.05, 3.63) is 35.8 Å². The van der Waals surface area contributed by atoms with Gasteiger partial charge in [0.2, 0.25) is 0 Å². The van der Waals surface area contributed by atoms with Crippen molar-refractivity contribution in [1.29, 1.82) is 0 Å². The molecule has 0 radical (unpaired) electrons. The molecule has 1 aliphatic rings. The molecule has 1 fully saturated rings. The third-order valence-electron chi connectivity index (χ3n) is 4.51. The van der Waals surface area contributed by atoms with Crippen LogP contribution in [-0.2, 0) is 16.6 Å². The quantitative estimate of drug-likeness (QED) is 0.901. The van der Waals surface area contributed by atoms with Gasteiger partial charge in [-0.05, 0) is 31.4 Å². The molecule has 0 bridgehead atoms. The molecule has 0 spiro atoms. The molecule has 0 aromatic carbocycles. The third-order valence-corrected chi connectivity index (χ3v) is 6.00. The Balaban J connectivity index is 1.82. The highest BCUT2D eigenvalue weighted by molar-refractivity contribution is 7.87. The van der Waals surface area contributed by atoms with Crippen LogP contribution in [0.15, 0.2) is 24.4 Å². The summed E-state index contributed by atoms with van der Waals surface area (Å²) in [5.41, 5.74) is 1.75. The van der Waals surface area contributed by atoms with Gasteiger partial charge in [-0.1, -0.05) is 32.3 Å². The van der Waals surface area contributed by atoms with Gasteiger partial charge in [-0.15, -0.1) is 0 Å². The van der Waals surface area contributed by atoms with Gasteiger partial charge in [0.15, 0.2) is 0 Å². The van der Waals surface area contributed by atoms with Gasteiger partial charge in [0, 0.05) is 19.3 Å². The first-order chi connectivity index (χ1) is 12.0. The van der Waals surface area contributed by atoms with E-state index in [1.165, 1.54) is 4.31 Å². The second-order valence-corrected chi connectivity index (χ2v) is 8.00. The molecule has 2 aromatic rings. The lowest BCUT2D eigenvalue weighted by molar-refractivity contribution is 0.0972. The summed E-state index contributed by atoms with van der Waals surface area (Å²) in [6.07, 6.45) is 7.35. The molecule has 7 nitrogen and oxygen atoms in total. The number of carbonyl (C=O) groups is 1. The van der Waals surface area contributed by atoms with Crippen LogP contribution in [0.25, 0.3) is 5.65 Å². The molecule has 0 unspecified atom stereocenters. The summed E-state index contributed by atoms with van der Waals surface area (Å²) < 4.78 is 30.4. The Labute approximate surface area is 148 Å². The van der Waals surface area contributed by atoms with E-state index < -0.39 is 16.1 Å². The largest absolute Gasteiger partial charge is 0.304 e. The van der Waals surface area contributed by atoms with Crippen molar-refractivity contribution in [3.8, 4) is 0 Å². The van der Waals surface area contributed by atoms with Crippen molar-refractivity contribution >= 4 is 21.8 Å². The molecule has 1 saturated heterocycles. The number of fused-ring (bicyclic) bond motifs is 1. The summed E-state index contributed by atoms with van der Waals surface area (Å²) in [7, 11) is -3.84. The number of amides is 1. The van der Waals surface area contributed by atoms with E-state index in [2.05, 4.69) is 9.71 Å². The Hall–Kier alpha value is -1.93. The van der Waals surface area contributed by atoms with Crippen molar-refractivity contribution in [2.45, 2.75) is 45.4 Å². The molecule has 3 heterocycles. The summed E-state index contributed by atoms with van der Waals surface area (Å²) >= 11 is 0.